The molecule has 150 valence electrons. The molecule has 27 heavy (non-hydrogen) atoms. The number of carbonyl (C=O) groups is 2. The number of amides is 2. The van der Waals surface area contributed by atoms with Crippen LogP contribution in [-0.2, 0) is 16.1 Å². The van der Waals surface area contributed by atoms with E-state index in [-0.39, 0.29) is 11.8 Å². The van der Waals surface area contributed by atoms with E-state index in [4.69, 9.17) is 14.2 Å². The van der Waals surface area contributed by atoms with Crippen LogP contribution in [0.5, 0.6) is 11.5 Å². The van der Waals surface area contributed by atoms with Crippen LogP contribution in [0.25, 0.3) is 0 Å². The van der Waals surface area contributed by atoms with Crippen molar-refractivity contribution < 1.29 is 23.8 Å². The van der Waals surface area contributed by atoms with Gasteiger partial charge in [-0.25, -0.2) is 4.79 Å². The molecule has 0 aromatic heterocycles. The standard InChI is InChI=1S/C20H30N2O5/c1-13(2)20(21-18(24)27-19(3,4)5)12-22(17(20)23)11-14-8-9-15(25-6)10-16(14)26-7/h8-10,13H,11-12H2,1-7H3,(H,21,24). The van der Waals surface area contributed by atoms with Crippen LogP contribution in [0.15, 0.2) is 18.2 Å². The van der Waals surface area contributed by atoms with Crippen LogP contribution in [-0.4, -0.2) is 48.8 Å². The number of β-lactam (4-membered cyclic amide) rings is 1. The number of nitrogens with one attached hydrogen (secondary N) is 1. The highest BCUT2D eigenvalue weighted by atomic mass is 16.6. The van der Waals surface area contributed by atoms with E-state index in [9.17, 15) is 9.59 Å². The molecule has 1 aromatic carbocycles. The molecule has 0 radical (unpaired) electrons. The van der Waals surface area contributed by atoms with Crippen molar-refractivity contribution in [3.05, 3.63) is 23.8 Å². The molecule has 1 fully saturated rings. The van der Waals surface area contributed by atoms with Crippen LogP contribution in [0.1, 0.15) is 40.2 Å². The lowest BCUT2D eigenvalue weighted by atomic mass is 9.78. The lowest BCUT2D eigenvalue weighted by Gasteiger charge is -2.51. The summed E-state index contributed by atoms with van der Waals surface area (Å²) in [7, 11) is 3.17. The first-order chi connectivity index (χ1) is 12.5. The number of rotatable bonds is 6. The summed E-state index contributed by atoms with van der Waals surface area (Å²) in [6.45, 7) is 10.0. The van der Waals surface area contributed by atoms with Crippen molar-refractivity contribution in [1.29, 1.82) is 0 Å². The predicted molar refractivity (Wildman–Crippen MR) is 102 cm³/mol. The molecule has 1 unspecified atom stereocenters. The van der Waals surface area contributed by atoms with Crippen LogP contribution in [0, 0.1) is 5.92 Å². The number of ether oxygens (including phenoxy) is 3. The Morgan fingerprint density at radius 2 is 1.93 bits per heavy atom. The van der Waals surface area contributed by atoms with E-state index in [1.54, 1.807) is 46.0 Å². The largest absolute Gasteiger partial charge is 0.497 e. The smallest absolute Gasteiger partial charge is 0.408 e. The van der Waals surface area contributed by atoms with Crippen molar-refractivity contribution in [1.82, 2.24) is 10.2 Å². The number of hydrogen-bond acceptors (Lipinski definition) is 5. The predicted octanol–water partition coefficient (Wildman–Crippen LogP) is 2.97. The van der Waals surface area contributed by atoms with Gasteiger partial charge in [-0.15, -0.1) is 0 Å². The van der Waals surface area contributed by atoms with E-state index < -0.39 is 17.2 Å². The molecule has 7 nitrogen and oxygen atoms in total. The Balaban J connectivity index is 2.11. The average Bonchev–Trinajstić information content (AvgIpc) is 2.58. The topological polar surface area (TPSA) is 77.1 Å². The Morgan fingerprint density at radius 1 is 1.26 bits per heavy atom. The molecule has 2 amide bonds. The first kappa shape index (κ1) is 20.9. The van der Waals surface area contributed by atoms with Gasteiger partial charge in [0.1, 0.15) is 22.6 Å². The van der Waals surface area contributed by atoms with Crippen LogP contribution >= 0.6 is 0 Å². The van der Waals surface area contributed by atoms with Gasteiger partial charge >= 0.3 is 6.09 Å². The lowest BCUT2D eigenvalue weighted by molar-refractivity contribution is -0.157. The second-order valence-corrected chi connectivity index (χ2v) is 8.09. The van der Waals surface area contributed by atoms with Gasteiger partial charge in [-0.05, 0) is 38.8 Å². The quantitative estimate of drug-likeness (QED) is 0.770. The van der Waals surface area contributed by atoms with Crippen molar-refractivity contribution >= 4 is 12.0 Å². The third kappa shape index (κ3) is 4.46. The summed E-state index contributed by atoms with van der Waals surface area (Å²) in [6, 6.07) is 5.49. The minimum atomic E-state index is -0.942. The van der Waals surface area contributed by atoms with E-state index in [1.807, 2.05) is 26.0 Å². The average molecular weight is 378 g/mol. The fourth-order valence-corrected chi connectivity index (χ4v) is 3.10. The Kier molecular flexibility index (Phi) is 5.92. The fraction of sp³-hybridized carbons (Fsp3) is 0.600. The number of hydrogen-bond donors (Lipinski definition) is 1. The monoisotopic (exact) mass is 378 g/mol. The SMILES string of the molecule is COc1ccc(CN2CC(NC(=O)OC(C)(C)C)(C(C)C)C2=O)c(OC)c1. The van der Waals surface area contributed by atoms with Crippen LogP contribution < -0.4 is 14.8 Å². The van der Waals surface area contributed by atoms with Crippen LogP contribution in [0.4, 0.5) is 4.79 Å². The maximum atomic E-state index is 12.9. The zero-order valence-corrected chi connectivity index (χ0v) is 17.2. The van der Waals surface area contributed by atoms with Gasteiger partial charge < -0.3 is 24.4 Å². The van der Waals surface area contributed by atoms with Crippen molar-refractivity contribution in [3.63, 3.8) is 0 Å². The second kappa shape index (κ2) is 7.66. The highest BCUT2D eigenvalue weighted by Gasteiger charge is 2.55. The van der Waals surface area contributed by atoms with Gasteiger partial charge in [0.2, 0.25) is 0 Å². The van der Waals surface area contributed by atoms with Gasteiger partial charge in [0.15, 0.2) is 0 Å². The third-order valence-electron chi connectivity index (χ3n) is 4.67. The summed E-state index contributed by atoms with van der Waals surface area (Å²) >= 11 is 0. The normalized spacial score (nSPS) is 19.6. The highest BCUT2D eigenvalue weighted by molar-refractivity contribution is 5.96. The van der Waals surface area contributed by atoms with Gasteiger partial charge in [-0.3, -0.25) is 4.79 Å². The maximum Gasteiger partial charge on any atom is 0.408 e. The van der Waals surface area contributed by atoms with E-state index >= 15 is 0 Å². The zero-order valence-electron chi connectivity index (χ0n) is 17.2. The first-order valence-electron chi connectivity index (χ1n) is 9.04. The Bertz CT molecular complexity index is 711. The van der Waals surface area contributed by atoms with Crippen molar-refractivity contribution in [3.8, 4) is 11.5 Å². The van der Waals surface area contributed by atoms with Gasteiger partial charge in [-0.2, -0.15) is 0 Å². The summed E-state index contributed by atoms with van der Waals surface area (Å²) in [4.78, 5) is 26.9. The Labute approximate surface area is 161 Å². The van der Waals surface area contributed by atoms with E-state index in [2.05, 4.69) is 5.32 Å². The first-order valence-corrected chi connectivity index (χ1v) is 9.04. The van der Waals surface area contributed by atoms with E-state index in [0.717, 1.165) is 5.56 Å². The summed E-state index contributed by atoms with van der Waals surface area (Å²) in [5, 5.41) is 2.79. The van der Waals surface area contributed by atoms with Gasteiger partial charge in [0.05, 0.1) is 20.8 Å². The Hall–Kier alpha value is -2.44. The molecule has 1 saturated heterocycles. The molecular weight excluding hydrogens is 348 g/mol. The molecule has 1 aliphatic heterocycles. The summed E-state index contributed by atoms with van der Waals surface area (Å²) in [5.41, 5.74) is -0.686. The lowest BCUT2D eigenvalue weighted by Crippen LogP contribution is -2.76. The van der Waals surface area contributed by atoms with E-state index in [0.29, 0.717) is 24.6 Å². The molecule has 1 heterocycles. The number of benzene rings is 1. The molecule has 0 saturated carbocycles. The van der Waals surface area contributed by atoms with Gasteiger partial charge in [0.25, 0.3) is 5.91 Å². The number of alkyl carbamates (subject to hydrolysis) is 1. The van der Waals surface area contributed by atoms with Crippen molar-refractivity contribution in [2.45, 2.75) is 52.3 Å². The summed E-state index contributed by atoms with van der Waals surface area (Å²) in [6.07, 6.45) is -0.578. The molecule has 1 aromatic rings. The minimum absolute atomic E-state index is 0.0634. The number of methoxy groups -OCH3 is 2. The Morgan fingerprint density at radius 3 is 2.41 bits per heavy atom. The molecule has 1 aliphatic rings. The van der Waals surface area contributed by atoms with Gasteiger partial charge in [0, 0.05) is 18.2 Å². The maximum absolute atomic E-state index is 12.9. The number of carbonyl (C=O) groups excluding carboxylic acids is 2. The fourth-order valence-electron chi connectivity index (χ4n) is 3.10. The zero-order chi connectivity index (χ0) is 20.4. The van der Waals surface area contributed by atoms with Crippen LogP contribution in [0.3, 0.4) is 0 Å². The van der Waals surface area contributed by atoms with E-state index in [1.165, 1.54) is 0 Å². The summed E-state index contributed by atoms with van der Waals surface area (Å²) in [5.74, 6) is 1.16. The third-order valence-corrected chi connectivity index (χ3v) is 4.67. The minimum Gasteiger partial charge on any atom is -0.497 e. The highest BCUT2D eigenvalue weighted by Crippen LogP contribution is 2.34. The second-order valence-electron chi connectivity index (χ2n) is 8.09. The summed E-state index contributed by atoms with van der Waals surface area (Å²) < 4.78 is 15.9. The van der Waals surface area contributed by atoms with Crippen molar-refractivity contribution in [2.24, 2.45) is 5.92 Å². The van der Waals surface area contributed by atoms with Crippen molar-refractivity contribution in [2.75, 3.05) is 20.8 Å². The number of likely N-dealkylation sites (tertiary alicyclic amines) is 1. The van der Waals surface area contributed by atoms with Crippen LogP contribution in [0.2, 0.25) is 0 Å². The molecule has 0 aliphatic carbocycles. The molecule has 2 rings (SSSR count). The molecule has 0 bridgehead atoms. The number of nitrogens with zero attached hydrogens (tertiary/aromatic N) is 1. The van der Waals surface area contributed by atoms with Gasteiger partial charge in [-0.1, -0.05) is 13.8 Å². The molecule has 1 atom stereocenters. The molecular formula is C20H30N2O5. The molecule has 0 spiro atoms. The molecule has 1 N–H and O–H groups in total. The molecule has 7 heteroatoms.